The van der Waals surface area contributed by atoms with Crippen LogP contribution in [0.5, 0.6) is 0 Å². The van der Waals surface area contributed by atoms with E-state index < -0.39 is 6.17 Å². The summed E-state index contributed by atoms with van der Waals surface area (Å²) >= 11 is 0. The summed E-state index contributed by atoms with van der Waals surface area (Å²) in [5, 5.41) is 12.8. The number of furan rings is 2. The van der Waals surface area contributed by atoms with Crippen molar-refractivity contribution in [2.24, 2.45) is 9.98 Å². The standard InChI is InChI=1S/C47H29N3O2/c1-2-11-28(12-3-1)45-48-46(50-47(49-45)39-25-31-13-4-5-14-32(31)33-15-6-7-16-34(33)39)38-18-10-20-41-44(38)37-24-22-30(27-43(37)52-41)29-21-23-36-35-17-8-9-19-40(35)51-42(36)26-29/h1-27,46H,(H,48,49,50). The van der Waals surface area contributed by atoms with Crippen LogP contribution in [0, 0.1) is 0 Å². The van der Waals surface area contributed by atoms with Crippen molar-refractivity contribution < 1.29 is 8.83 Å². The zero-order valence-corrected chi connectivity index (χ0v) is 27.9. The fourth-order valence-electron chi connectivity index (χ4n) is 7.88. The van der Waals surface area contributed by atoms with Crippen molar-refractivity contribution in [3.8, 4) is 11.1 Å². The number of aliphatic imine (C=N–C) groups is 2. The molecule has 1 N–H and O–H groups in total. The Labute approximate surface area is 298 Å². The molecule has 8 aromatic carbocycles. The molecule has 244 valence electrons. The quantitative estimate of drug-likeness (QED) is 0.190. The van der Waals surface area contributed by atoms with E-state index in [9.17, 15) is 0 Å². The normalized spacial score (nSPS) is 14.7. The minimum atomic E-state index is -0.410. The summed E-state index contributed by atoms with van der Waals surface area (Å²) in [7, 11) is 0. The smallest absolute Gasteiger partial charge is 0.159 e. The maximum Gasteiger partial charge on any atom is 0.159 e. The Morgan fingerprint density at radius 1 is 0.442 bits per heavy atom. The average molecular weight is 668 g/mol. The third kappa shape index (κ3) is 4.49. The van der Waals surface area contributed by atoms with E-state index in [1.54, 1.807) is 0 Å². The molecule has 3 heterocycles. The number of rotatable bonds is 4. The number of nitrogens with one attached hydrogen (secondary N) is 1. The van der Waals surface area contributed by atoms with Crippen LogP contribution >= 0.6 is 0 Å². The summed E-state index contributed by atoms with van der Waals surface area (Å²) < 4.78 is 12.8. The highest BCUT2D eigenvalue weighted by atomic mass is 16.3. The Balaban J connectivity index is 1.05. The highest BCUT2D eigenvalue weighted by Crippen LogP contribution is 2.39. The van der Waals surface area contributed by atoms with Crippen molar-refractivity contribution in [3.63, 3.8) is 0 Å². The summed E-state index contributed by atoms with van der Waals surface area (Å²) in [6, 6.07) is 56.8. The maximum atomic E-state index is 6.58. The van der Waals surface area contributed by atoms with Crippen LogP contribution in [-0.4, -0.2) is 11.7 Å². The van der Waals surface area contributed by atoms with Gasteiger partial charge in [0.05, 0.1) is 0 Å². The van der Waals surface area contributed by atoms with Gasteiger partial charge >= 0.3 is 0 Å². The van der Waals surface area contributed by atoms with Crippen LogP contribution in [0.25, 0.3) is 76.5 Å². The van der Waals surface area contributed by atoms with Gasteiger partial charge in [-0.3, -0.25) is 0 Å². The maximum absolute atomic E-state index is 6.58. The summed E-state index contributed by atoms with van der Waals surface area (Å²) in [6.07, 6.45) is -0.410. The zero-order chi connectivity index (χ0) is 34.2. The van der Waals surface area contributed by atoms with E-state index in [1.807, 2.05) is 48.5 Å². The largest absolute Gasteiger partial charge is 0.456 e. The number of hydrogen-bond donors (Lipinski definition) is 1. The second-order valence-corrected chi connectivity index (χ2v) is 13.4. The first kappa shape index (κ1) is 28.8. The Morgan fingerprint density at radius 2 is 1.08 bits per heavy atom. The van der Waals surface area contributed by atoms with E-state index in [0.29, 0.717) is 5.84 Å². The fraction of sp³-hybridized carbons (Fsp3) is 0.0213. The SMILES string of the molecule is c1ccc(C2=NC(c3cccc4oc5cc(-c6ccc7c(c6)oc6ccccc67)ccc5c34)NC(c3cc4ccccc4c4ccccc34)=N2)cc1. The van der Waals surface area contributed by atoms with Gasteiger partial charge in [-0.25, -0.2) is 9.98 Å². The number of amidine groups is 2. The molecule has 5 nitrogen and oxygen atoms in total. The monoisotopic (exact) mass is 667 g/mol. The second kappa shape index (κ2) is 11.3. The number of para-hydroxylation sites is 1. The first-order chi connectivity index (χ1) is 25.7. The van der Waals surface area contributed by atoms with Crippen LogP contribution in [-0.2, 0) is 0 Å². The molecular weight excluding hydrogens is 639 g/mol. The Hall–Kier alpha value is -6.98. The first-order valence-electron chi connectivity index (χ1n) is 17.5. The van der Waals surface area contributed by atoms with Crippen LogP contribution in [0.3, 0.4) is 0 Å². The van der Waals surface area contributed by atoms with Crippen LogP contribution in [0.1, 0.15) is 22.9 Å². The van der Waals surface area contributed by atoms with E-state index in [4.69, 9.17) is 18.8 Å². The van der Waals surface area contributed by atoms with Gasteiger partial charge in [-0.15, -0.1) is 0 Å². The van der Waals surface area contributed by atoms with Gasteiger partial charge in [0.15, 0.2) is 5.84 Å². The third-order valence-electron chi connectivity index (χ3n) is 10.3. The molecule has 0 radical (unpaired) electrons. The molecule has 2 aromatic heterocycles. The first-order valence-corrected chi connectivity index (χ1v) is 17.5. The van der Waals surface area contributed by atoms with Crippen molar-refractivity contribution in [3.05, 3.63) is 180 Å². The van der Waals surface area contributed by atoms with Gasteiger partial charge in [0.1, 0.15) is 34.3 Å². The topological polar surface area (TPSA) is 63.0 Å². The summed E-state index contributed by atoms with van der Waals surface area (Å²) in [5.41, 5.74) is 8.57. The van der Waals surface area contributed by atoms with Crippen molar-refractivity contribution in [2.75, 3.05) is 0 Å². The number of fused-ring (bicyclic) bond motifs is 9. The van der Waals surface area contributed by atoms with Crippen LogP contribution in [0.15, 0.2) is 183 Å². The van der Waals surface area contributed by atoms with E-state index in [-0.39, 0.29) is 0 Å². The lowest BCUT2D eigenvalue weighted by Gasteiger charge is -2.25. The molecule has 0 bridgehead atoms. The number of hydrogen-bond acceptors (Lipinski definition) is 5. The molecule has 1 unspecified atom stereocenters. The molecular formula is C47H29N3O2. The molecule has 0 fully saturated rings. The lowest BCUT2D eigenvalue weighted by molar-refractivity contribution is 0.662. The molecule has 0 amide bonds. The fourth-order valence-corrected chi connectivity index (χ4v) is 7.88. The van der Waals surface area contributed by atoms with Crippen molar-refractivity contribution in [2.45, 2.75) is 6.17 Å². The van der Waals surface area contributed by atoms with Gasteiger partial charge in [0.25, 0.3) is 0 Å². The molecule has 1 atom stereocenters. The molecule has 5 heteroatoms. The summed E-state index contributed by atoms with van der Waals surface area (Å²) in [4.78, 5) is 10.4. The molecule has 1 aliphatic heterocycles. The molecule has 52 heavy (non-hydrogen) atoms. The Morgan fingerprint density at radius 3 is 1.92 bits per heavy atom. The van der Waals surface area contributed by atoms with E-state index in [0.717, 1.165) is 82.9 Å². The van der Waals surface area contributed by atoms with Crippen molar-refractivity contribution in [1.29, 1.82) is 0 Å². The highest BCUT2D eigenvalue weighted by molar-refractivity contribution is 6.22. The van der Waals surface area contributed by atoms with Crippen LogP contribution in [0.2, 0.25) is 0 Å². The summed E-state index contributed by atoms with van der Waals surface area (Å²) in [6.45, 7) is 0. The molecule has 0 aliphatic carbocycles. The second-order valence-electron chi connectivity index (χ2n) is 13.4. The van der Waals surface area contributed by atoms with Gasteiger partial charge in [0.2, 0.25) is 0 Å². The summed E-state index contributed by atoms with van der Waals surface area (Å²) in [5.74, 6) is 1.47. The van der Waals surface area contributed by atoms with E-state index >= 15 is 0 Å². The predicted octanol–water partition coefficient (Wildman–Crippen LogP) is 12.0. The van der Waals surface area contributed by atoms with Gasteiger partial charge in [-0.05, 0) is 75.1 Å². The molecule has 1 aliphatic rings. The highest BCUT2D eigenvalue weighted by Gasteiger charge is 2.26. The number of benzene rings is 8. The van der Waals surface area contributed by atoms with E-state index in [2.05, 4.69) is 121 Å². The third-order valence-corrected chi connectivity index (χ3v) is 10.3. The minimum Gasteiger partial charge on any atom is -0.456 e. The van der Waals surface area contributed by atoms with Crippen molar-refractivity contribution >= 4 is 77.1 Å². The molecule has 10 aromatic rings. The van der Waals surface area contributed by atoms with Crippen molar-refractivity contribution in [1.82, 2.24) is 5.32 Å². The lowest BCUT2D eigenvalue weighted by Crippen LogP contribution is -2.33. The Bertz CT molecular complexity index is 3110. The van der Waals surface area contributed by atoms with Crippen LogP contribution < -0.4 is 5.32 Å². The van der Waals surface area contributed by atoms with Gasteiger partial charge < -0.3 is 14.2 Å². The van der Waals surface area contributed by atoms with E-state index in [1.165, 1.54) is 16.2 Å². The zero-order valence-electron chi connectivity index (χ0n) is 27.9. The predicted molar refractivity (Wildman–Crippen MR) is 213 cm³/mol. The molecule has 0 spiro atoms. The van der Waals surface area contributed by atoms with Gasteiger partial charge in [-0.1, -0.05) is 121 Å². The number of nitrogens with zero attached hydrogens (tertiary/aromatic N) is 2. The molecule has 0 saturated heterocycles. The van der Waals surface area contributed by atoms with Crippen LogP contribution in [0.4, 0.5) is 0 Å². The lowest BCUT2D eigenvalue weighted by atomic mass is 9.96. The molecule has 0 saturated carbocycles. The average Bonchev–Trinajstić information content (AvgIpc) is 3.78. The molecule has 11 rings (SSSR count). The van der Waals surface area contributed by atoms with Gasteiger partial charge in [-0.2, -0.15) is 0 Å². The minimum absolute atomic E-state index is 0.410. The van der Waals surface area contributed by atoms with Gasteiger partial charge in [0, 0.05) is 38.2 Å². The Kier molecular flexibility index (Phi) is 6.25.